The number of furan rings is 1. The predicted octanol–water partition coefficient (Wildman–Crippen LogP) is 4.58. The van der Waals surface area contributed by atoms with E-state index in [-0.39, 0.29) is 16.6 Å². The van der Waals surface area contributed by atoms with Crippen LogP contribution in [0.2, 0.25) is 10.0 Å². The van der Waals surface area contributed by atoms with Crippen LogP contribution in [0.15, 0.2) is 39.4 Å². The maximum absolute atomic E-state index is 12.0. The second-order valence-electron chi connectivity index (χ2n) is 3.03. The van der Waals surface area contributed by atoms with Crippen molar-refractivity contribution in [2.24, 2.45) is 0 Å². The molecule has 0 fully saturated rings. The first-order chi connectivity index (χ1) is 7.59. The van der Waals surface area contributed by atoms with Crippen molar-refractivity contribution < 1.29 is 9.21 Å². The van der Waals surface area contributed by atoms with Gasteiger partial charge in [0.2, 0.25) is 5.78 Å². The highest BCUT2D eigenvalue weighted by Gasteiger charge is 2.17. The normalized spacial score (nSPS) is 10.4. The largest absolute Gasteiger partial charge is 0.446 e. The number of hydrogen-bond acceptors (Lipinski definition) is 2. The van der Waals surface area contributed by atoms with Crippen LogP contribution in [0.4, 0.5) is 0 Å². The van der Waals surface area contributed by atoms with Crippen LogP contribution in [-0.4, -0.2) is 5.78 Å². The summed E-state index contributed by atoms with van der Waals surface area (Å²) >= 11 is 14.9. The van der Waals surface area contributed by atoms with Crippen molar-refractivity contribution in [3.05, 3.63) is 56.4 Å². The summed E-state index contributed by atoms with van der Waals surface area (Å²) in [6, 6.07) is 8.11. The molecule has 2 aromatic rings. The Bertz CT molecular complexity index is 549. The van der Waals surface area contributed by atoms with Gasteiger partial charge in [-0.25, -0.2) is 0 Å². The van der Waals surface area contributed by atoms with E-state index in [0.717, 1.165) is 0 Å². The number of hydrogen-bond donors (Lipinski definition) is 0. The molecule has 0 aliphatic rings. The van der Waals surface area contributed by atoms with E-state index in [0.29, 0.717) is 15.3 Å². The van der Waals surface area contributed by atoms with Crippen LogP contribution < -0.4 is 0 Å². The molecule has 0 bridgehead atoms. The summed E-state index contributed by atoms with van der Waals surface area (Å²) in [5, 5.41) is 0.583. The Balaban J connectivity index is 2.45. The van der Waals surface area contributed by atoms with Gasteiger partial charge in [-0.2, -0.15) is 0 Å². The summed E-state index contributed by atoms with van der Waals surface area (Å²) in [5.74, 6) is -0.0748. The zero-order chi connectivity index (χ0) is 11.7. The number of carbonyl (C=O) groups excluding carboxylic acids is 1. The number of rotatable bonds is 2. The van der Waals surface area contributed by atoms with Crippen molar-refractivity contribution in [3.63, 3.8) is 0 Å². The Labute approximate surface area is 110 Å². The van der Waals surface area contributed by atoms with Gasteiger partial charge in [-0.05, 0) is 40.2 Å². The fourth-order valence-electron chi connectivity index (χ4n) is 1.25. The lowest BCUT2D eigenvalue weighted by Gasteiger charge is -2.02. The molecule has 16 heavy (non-hydrogen) atoms. The molecule has 1 aromatic carbocycles. The summed E-state index contributed by atoms with van der Waals surface area (Å²) in [7, 11) is 0. The van der Waals surface area contributed by atoms with Crippen molar-refractivity contribution in [2.45, 2.75) is 0 Å². The Kier molecular flexibility index (Phi) is 3.38. The molecule has 0 amide bonds. The second kappa shape index (κ2) is 4.62. The summed E-state index contributed by atoms with van der Waals surface area (Å²) < 4.78 is 5.65. The van der Waals surface area contributed by atoms with Crippen molar-refractivity contribution in [1.82, 2.24) is 0 Å². The molecule has 0 aliphatic carbocycles. The van der Waals surface area contributed by atoms with Gasteiger partial charge in [-0.3, -0.25) is 4.79 Å². The predicted molar refractivity (Wildman–Crippen MR) is 66.3 cm³/mol. The molecule has 0 unspecified atom stereocenters. The Morgan fingerprint density at radius 2 is 1.94 bits per heavy atom. The molecule has 0 N–H and O–H groups in total. The van der Waals surface area contributed by atoms with Gasteiger partial charge in [0.15, 0.2) is 10.4 Å². The number of benzene rings is 1. The number of carbonyl (C=O) groups is 1. The third-order valence-electron chi connectivity index (χ3n) is 1.99. The summed E-state index contributed by atoms with van der Waals surface area (Å²) in [5.41, 5.74) is 0.330. The summed E-state index contributed by atoms with van der Waals surface area (Å²) in [6.45, 7) is 0. The molecule has 82 valence electrons. The van der Waals surface area contributed by atoms with Crippen molar-refractivity contribution in [2.75, 3.05) is 0 Å². The topological polar surface area (TPSA) is 30.2 Å². The molecule has 2 nitrogen and oxygen atoms in total. The van der Waals surface area contributed by atoms with E-state index in [4.69, 9.17) is 27.6 Å². The van der Waals surface area contributed by atoms with Gasteiger partial charge < -0.3 is 4.42 Å². The van der Waals surface area contributed by atoms with Crippen LogP contribution in [0, 0.1) is 0 Å². The van der Waals surface area contributed by atoms with Crippen LogP contribution in [0.5, 0.6) is 0 Å². The van der Waals surface area contributed by atoms with Gasteiger partial charge in [0.25, 0.3) is 0 Å². The van der Waals surface area contributed by atoms with Gasteiger partial charge in [-0.1, -0.05) is 29.3 Å². The van der Waals surface area contributed by atoms with E-state index in [2.05, 4.69) is 15.9 Å². The van der Waals surface area contributed by atoms with E-state index in [1.807, 2.05) is 0 Å². The van der Waals surface area contributed by atoms with Gasteiger partial charge in [-0.15, -0.1) is 0 Å². The number of halogens is 3. The van der Waals surface area contributed by atoms with Crippen molar-refractivity contribution in [1.29, 1.82) is 0 Å². The fraction of sp³-hybridized carbons (Fsp3) is 0. The van der Waals surface area contributed by atoms with Crippen LogP contribution in [0.25, 0.3) is 0 Å². The highest BCUT2D eigenvalue weighted by atomic mass is 79.9. The zero-order valence-corrected chi connectivity index (χ0v) is 10.9. The molecule has 1 aromatic heterocycles. The molecule has 0 atom stereocenters. The third kappa shape index (κ3) is 2.17. The molecule has 0 spiro atoms. The van der Waals surface area contributed by atoms with Crippen LogP contribution in [-0.2, 0) is 0 Å². The van der Waals surface area contributed by atoms with E-state index in [9.17, 15) is 4.79 Å². The molecule has 1 heterocycles. The minimum absolute atomic E-state index is 0.219. The van der Waals surface area contributed by atoms with Crippen molar-refractivity contribution >= 4 is 44.9 Å². The van der Waals surface area contributed by atoms with E-state index in [1.165, 1.54) is 0 Å². The van der Waals surface area contributed by atoms with Gasteiger partial charge in [0, 0.05) is 5.56 Å². The van der Waals surface area contributed by atoms with Crippen LogP contribution in [0.1, 0.15) is 16.1 Å². The fourth-order valence-corrected chi connectivity index (χ4v) is 1.94. The zero-order valence-electron chi connectivity index (χ0n) is 7.84. The maximum Gasteiger partial charge on any atom is 0.229 e. The quantitative estimate of drug-likeness (QED) is 0.758. The molecule has 0 aliphatic heterocycles. The molecule has 5 heteroatoms. The number of ketones is 1. The lowest BCUT2D eigenvalue weighted by Crippen LogP contribution is -2.00. The highest BCUT2D eigenvalue weighted by molar-refractivity contribution is 9.10. The monoisotopic (exact) mass is 318 g/mol. The standard InChI is InChI=1S/C11H5BrCl2O2/c12-9-5-4-8(16-9)11(15)6-2-1-3-7(13)10(6)14/h1-5H. The lowest BCUT2D eigenvalue weighted by atomic mass is 10.1. The Hall–Kier alpha value is -0.770. The molecule has 0 saturated heterocycles. The van der Waals surface area contributed by atoms with E-state index >= 15 is 0 Å². The molecule has 0 saturated carbocycles. The smallest absolute Gasteiger partial charge is 0.229 e. The first-order valence-corrected chi connectivity index (χ1v) is 5.88. The molecule has 0 radical (unpaired) electrons. The highest BCUT2D eigenvalue weighted by Crippen LogP contribution is 2.28. The molecule has 2 rings (SSSR count). The van der Waals surface area contributed by atoms with Gasteiger partial charge >= 0.3 is 0 Å². The van der Waals surface area contributed by atoms with Gasteiger partial charge in [0.05, 0.1) is 10.0 Å². The Morgan fingerprint density at radius 1 is 1.19 bits per heavy atom. The molecular formula is C11H5BrCl2O2. The first-order valence-electron chi connectivity index (χ1n) is 4.33. The van der Waals surface area contributed by atoms with Crippen LogP contribution >= 0.6 is 39.1 Å². The maximum atomic E-state index is 12.0. The van der Waals surface area contributed by atoms with Gasteiger partial charge in [0.1, 0.15) is 0 Å². The minimum Gasteiger partial charge on any atom is -0.446 e. The Morgan fingerprint density at radius 3 is 2.56 bits per heavy atom. The second-order valence-corrected chi connectivity index (χ2v) is 4.60. The average molecular weight is 320 g/mol. The van der Waals surface area contributed by atoms with Crippen molar-refractivity contribution in [3.8, 4) is 0 Å². The first kappa shape index (κ1) is 11.7. The van der Waals surface area contributed by atoms with E-state index in [1.54, 1.807) is 30.3 Å². The third-order valence-corrected chi connectivity index (χ3v) is 3.24. The SMILES string of the molecule is O=C(c1ccc(Br)o1)c1cccc(Cl)c1Cl. The average Bonchev–Trinajstić information content (AvgIpc) is 2.68. The van der Waals surface area contributed by atoms with Crippen LogP contribution in [0.3, 0.4) is 0 Å². The van der Waals surface area contributed by atoms with E-state index < -0.39 is 0 Å². The molecular weight excluding hydrogens is 315 g/mol. The minimum atomic E-state index is -0.293. The lowest BCUT2D eigenvalue weighted by molar-refractivity contribution is 0.101. The summed E-state index contributed by atoms with van der Waals surface area (Å²) in [4.78, 5) is 12.0. The summed E-state index contributed by atoms with van der Waals surface area (Å²) in [6.07, 6.45) is 0.